The van der Waals surface area contributed by atoms with Gasteiger partial charge in [-0.05, 0) is 71.5 Å². The molecular weight excluding hydrogens is 428 g/mol. The van der Waals surface area contributed by atoms with Crippen molar-refractivity contribution in [2.75, 3.05) is 7.05 Å². The fourth-order valence-electron chi connectivity index (χ4n) is 4.34. The standard InChI is InChI=1S/C28H30N2O4/c1-18(2)24-14-25-22(13-27(31)34-26(25)12-19(24)3)16-30(17-23-6-5-11-33-23)15-20-7-9-21(10-8-20)28(32)29-4/h5-14,18H,15-17H2,1-4H3,(H,29,32). The monoisotopic (exact) mass is 458 g/mol. The van der Waals surface area contributed by atoms with Crippen LogP contribution in [-0.4, -0.2) is 17.9 Å². The number of hydrogen-bond acceptors (Lipinski definition) is 5. The minimum absolute atomic E-state index is 0.113. The molecule has 4 aromatic rings. The zero-order valence-electron chi connectivity index (χ0n) is 20.1. The van der Waals surface area contributed by atoms with E-state index in [0.717, 1.165) is 27.8 Å². The Kier molecular flexibility index (Phi) is 6.98. The molecule has 6 heteroatoms. The summed E-state index contributed by atoms with van der Waals surface area (Å²) in [5.74, 6) is 1.09. The molecule has 2 aromatic carbocycles. The smallest absolute Gasteiger partial charge is 0.336 e. The molecular formula is C28H30N2O4. The molecule has 1 amide bonds. The number of aryl methyl sites for hydroxylation is 1. The average molecular weight is 459 g/mol. The van der Waals surface area contributed by atoms with Crippen molar-refractivity contribution in [3.63, 3.8) is 0 Å². The van der Waals surface area contributed by atoms with E-state index in [9.17, 15) is 9.59 Å². The van der Waals surface area contributed by atoms with Gasteiger partial charge in [0.1, 0.15) is 11.3 Å². The summed E-state index contributed by atoms with van der Waals surface area (Å²) in [7, 11) is 1.62. The van der Waals surface area contributed by atoms with Gasteiger partial charge in [0, 0.05) is 37.2 Å². The first-order chi connectivity index (χ1) is 16.3. The first-order valence-corrected chi connectivity index (χ1v) is 11.5. The average Bonchev–Trinajstić information content (AvgIpc) is 3.31. The molecule has 0 aliphatic rings. The van der Waals surface area contributed by atoms with Gasteiger partial charge >= 0.3 is 5.63 Å². The minimum atomic E-state index is -0.355. The van der Waals surface area contributed by atoms with Crippen molar-refractivity contribution in [3.05, 3.63) is 105 Å². The van der Waals surface area contributed by atoms with Crippen LogP contribution in [0.1, 0.15) is 58.1 Å². The number of fused-ring (bicyclic) bond motifs is 1. The number of nitrogens with zero attached hydrogens (tertiary/aromatic N) is 1. The van der Waals surface area contributed by atoms with Crippen LogP contribution in [0.2, 0.25) is 0 Å². The molecule has 2 aromatic heterocycles. The Morgan fingerprint density at radius 3 is 2.44 bits per heavy atom. The van der Waals surface area contributed by atoms with Gasteiger partial charge in [-0.3, -0.25) is 9.69 Å². The second kappa shape index (κ2) is 10.1. The van der Waals surface area contributed by atoms with Crippen molar-refractivity contribution < 1.29 is 13.6 Å². The van der Waals surface area contributed by atoms with Crippen LogP contribution in [0.15, 0.2) is 74.5 Å². The number of hydrogen-bond donors (Lipinski definition) is 1. The molecule has 176 valence electrons. The van der Waals surface area contributed by atoms with E-state index in [4.69, 9.17) is 8.83 Å². The Balaban J connectivity index is 1.69. The summed E-state index contributed by atoms with van der Waals surface area (Å²) < 4.78 is 11.1. The van der Waals surface area contributed by atoms with Crippen LogP contribution in [-0.2, 0) is 19.6 Å². The van der Waals surface area contributed by atoms with Crippen molar-refractivity contribution in [1.82, 2.24) is 10.2 Å². The van der Waals surface area contributed by atoms with Crippen LogP contribution >= 0.6 is 0 Å². The Hall–Kier alpha value is -3.64. The summed E-state index contributed by atoms with van der Waals surface area (Å²) >= 11 is 0. The third-order valence-electron chi connectivity index (χ3n) is 6.04. The summed E-state index contributed by atoms with van der Waals surface area (Å²) in [6, 6.07) is 17.1. The second-order valence-corrected chi connectivity index (χ2v) is 8.95. The zero-order chi connectivity index (χ0) is 24.2. The van der Waals surface area contributed by atoms with Crippen molar-refractivity contribution in [1.29, 1.82) is 0 Å². The maximum Gasteiger partial charge on any atom is 0.336 e. The molecule has 0 unspecified atom stereocenters. The van der Waals surface area contributed by atoms with Crippen LogP contribution in [0.3, 0.4) is 0 Å². The molecule has 0 radical (unpaired) electrons. The summed E-state index contributed by atoms with van der Waals surface area (Å²) in [4.78, 5) is 26.5. The molecule has 4 rings (SSSR count). The van der Waals surface area contributed by atoms with Crippen molar-refractivity contribution >= 4 is 16.9 Å². The van der Waals surface area contributed by atoms with Gasteiger partial charge in [0.25, 0.3) is 5.91 Å². The van der Waals surface area contributed by atoms with E-state index in [1.54, 1.807) is 19.4 Å². The first-order valence-electron chi connectivity index (χ1n) is 11.5. The number of furan rings is 1. The number of rotatable bonds is 8. The van der Waals surface area contributed by atoms with E-state index in [1.165, 1.54) is 5.56 Å². The van der Waals surface area contributed by atoms with Crippen LogP contribution in [0.4, 0.5) is 0 Å². The highest BCUT2D eigenvalue weighted by molar-refractivity contribution is 5.93. The molecule has 0 atom stereocenters. The molecule has 0 bridgehead atoms. The normalized spacial score (nSPS) is 11.5. The zero-order valence-corrected chi connectivity index (χ0v) is 20.1. The fraction of sp³-hybridized carbons (Fsp3) is 0.286. The number of amides is 1. The fourth-order valence-corrected chi connectivity index (χ4v) is 4.34. The largest absolute Gasteiger partial charge is 0.468 e. The first kappa shape index (κ1) is 23.5. The van der Waals surface area contributed by atoms with E-state index >= 15 is 0 Å². The molecule has 2 heterocycles. The number of nitrogens with one attached hydrogen (secondary N) is 1. The third kappa shape index (κ3) is 5.29. The molecule has 0 fully saturated rings. The highest BCUT2D eigenvalue weighted by atomic mass is 16.4. The lowest BCUT2D eigenvalue weighted by Gasteiger charge is -2.23. The summed E-state index contributed by atoms with van der Waals surface area (Å²) in [5, 5.41) is 3.59. The topological polar surface area (TPSA) is 75.7 Å². The lowest BCUT2D eigenvalue weighted by atomic mass is 9.94. The van der Waals surface area contributed by atoms with Gasteiger partial charge in [0.05, 0.1) is 12.8 Å². The van der Waals surface area contributed by atoms with E-state index in [1.807, 2.05) is 49.4 Å². The SMILES string of the molecule is CNC(=O)c1ccc(CN(Cc2ccco2)Cc2cc(=O)oc3cc(C)c(C(C)C)cc23)cc1. The molecule has 0 saturated carbocycles. The lowest BCUT2D eigenvalue weighted by Crippen LogP contribution is -2.23. The van der Waals surface area contributed by atoms with Crippen LogP contribution in [0.5, 0.6) is 0 Å². The molecule has 1 N–H and O–H groups in total. The van der Waals surface area contributed by atoms with Gasteiger partial charge in [-0.25, -0.2) is 4.79 Å². The van der Waals surface area contributed by atoms with Gasteiger partial charge in [0.15, 0.2) is 0 Å². The molecule has 0 saturated heterocycles. The van der Waals surface area contributed by atoms with Crippen LogP contribution < -0.4 is 10.9 Å². The Morgan fingerprint density at radius 2 is 1.79 bits per heavy atom. The van der Waals surface area contributed by atoms with E-state index in [2.05, 4.69) is 30.1 Å². The van der Waals surface area contributed by atoms with Gasteiger partial charge < -0.3 is 14.2 Å². The molecule has 34 heavy (non-hydrogen) atoms. The third-order valence-corrected chi connectivity index (χ3v) is 6.04. The number of carbonyl (C=O) groups excluding carboxylic acids is 1. The van der Waals surface area contributed by atoms with Crippen LogP contribution in [0, 0.1) is 6.92 Å². The van der Waals surface area contributed by atoms with Crippen molar-refractivity contribution in [2.45, 2.75) is 46.3 Å². The van der Waals surface area contributed by atoms with Gasteiger partial charge in [-0.15, -0.1) is 0 Å². The Labute approximate surface area is 199 Å². The molecule has 0 aliphatic carbocycles. The van der Waals surface area contributed by atoms with E-state index in [0.29, 0.717) is 36.7 Å². The Morgan fingerprint density at radius 1 is 1.03 bits per heavy atom. The van der Waals surface area contributed by atoms with E-state index in [-0.39, 0.29) is 11.5 Å². The maximum absolute atomic E-state index is 12.4. The van der Waals surface area contributed by atoms with Crippen molar-refractivity contribution in [3.8, 4) is 0 Å². The highest BCUT2D eigenvalue weighted by Crippen LogP contribution is 2.28. The highest BCUT2D eigenvalue weighted by Gasteiger charge is 2.16. The van der Waals surface area contributed by atoms with Gasteiger partial charge in [-0.1, -0.05) is 26.0 Å². The molecule has 6 nitrogen and oxygen atoms in total. The summed E-state index contributed by atoms with van der Waals surface area (Å²) in [6.45, 7) is 8.12. The Bertz CT molecular complexity index is 1340. The predicted molar refractivity (Wildman–Crippen MR) is 133 cm³/mol. The minimum Gasteiger partial charge on any atom is -0.468 e. The summed E-state index contributed by atoms with van der Waals surface area (Å²) in [5.41, 5.74) is 5.21. The maximum atomic E-state index is 12.4. The van der Waals surface area contributed by atoms with Crippen molar-refractivity contribution in [2.24, 2.45) is 0 Å². The number of benzene rings is 2. The predicted octanol–water partition coefficient (Wildman–Crippen LogP) is 5.38. The van der Waals surface area contributed by atoms with Gasteiger partial charge in [0.2, 0.25) is 0 Å². The lowest BCUT2D eigenvalue weighted by molar-refractivity contribution is 0.0963. The van der Waals surface area contributed by atoms with Gasteiger partial charge in [-0.2, -0.15) is 0 Å². The number of carbonyl (C=O) groups is 1. The second-order valence-electron chi connectivity index (χ2n) is 8.95. The summed E-state index contributed by atoms with van der Waals surface area (Å²) in [6.07, 6.45) is 1.66. The molecule has 0 aliphatic heterocycles. The van der Waals surface area contributed by atoms with Crippen LogP contribution in [0.25, 0.3) is 11.0 Å². The molecule has 0 spiro atoms. The quantitative estimate of drug-likeness (QED) is 0.359. The van der Waals surface area contributed by atoms with E-state index < -0.39 is 0 Å².